The molecule has 7 nitrogen and oxygen atoms in total. The summed E-state index contributed by atoms with van der Waals surface area (Å²) in [4.78, 5) is 23.3. The average Bonchev–Trinajstić information content (AvgIpc) is 2.79. The molecule has 0 spiro atoms. The van der Waals surface area contributed by atoms with Gasteiger partial charge in [0.2, 0.25) is 0 Å². The Morgan fingerprint density at radius 1 is 1.42 bits per heavy atom. The SMILES string of the molecule is COCC(C)(NC(=O)COc1cccc2c1OC(C)(C)C2)C(=O)O. The van der Waals surface area contributed by atoms with Gasteiger partial charge in [0, 0.05) is 19.1 Å². The average molecular weight is 337 g/mol. The summed E-state index contributed by atoms with van der Waals surface area (Å²) in [6.07, 6.45) is 0.761. The van der Waals surface area contributed by atoms with Crippen LogP contribution in [0.4, 0.5) is 0 Å². The van der Waals surface area contributed by atoms with Crippen LogP contribution in [0.3, 0.4) is 0 Å². The molecule has 1 aromatic rings. The first-order valence-corrected chi connectivity index (χ1v) is 7.64. The normalized spacial score (nSPS) is 17.3. The maximum Gasteiger partial charge on any atom is 0.331 e. The first-order chi connectivity index (χ1) is 11.2. The number of aliphatic carboxylic acids is 1. The lowest BCUT2D eigenvalue weighted by Gasteiger charge is -2.25. The third-order valence-corrected chi connectivity index (χ3v) is 3.73. The van der Waals surface area contributed by atoms with E-state index in [0.29, 0.717) is 11.5 Å². The Labute approximate surface area is 140 Å². The second-order valence-electron chi connectivity index (χ2n) is 6.69. The van der Waals surface area contributed by atoms with Gasteiger partial charge in [-0.05, 0) is 26.8 Å². The van der Waals surface area contributed by atoms with Crippen molar-refractivity contribution in [3.8, 4) is 11.5 Å². The molecule has 1 aromatic carbocycles. The molecule has 0 saturated carbocycles. The number of fused-ring (bicyclic) bond motifs is 1. The highest BCUT2D eigenvalue weighted by Crippen LogP contribution is 2.41. The smallest absolute Gasteiger partial charge is 0.331 e. The summed E-state index contributed by atoms with van der Waals surface area (Å²) >= 11 is 0. The number of benzene rings is 1. The lowest BCUT2D eigenvalue weighted by atomic mass is 10.0. The van der Waals surface area contributed by atoms with Crippen molar-refractivity contribution in [2.24, 2.45) is 0 Å². The fraction of sp³-hybridized carbons (Fsp3) is 0.529. The number of carboxylic acid groups (broad SMARTS) is 1. The zero-order valence-corrected chi connectivity index (χ0v) is 14.3. The number of carbonyl (C=O) groups excluding carboxylic acids is 1. The highest BCUT2D eigenvalue weighted by Gasteiger charge is 2.35. The first kappa shape index (κ1) is 18.1. The van der Waals surface area contributed by atoms with E-state index in [9.17, 15) is 14.7 Å². The molecule has 7 heteroatoms. The van der Waals surface area contributed by atoms with Crippen LogP contribution in [0, 0.1) is 0 Å². The van der Waals surface area contributed by atoms with Gasteiger partial charge in [0.25, 0.3) is 5.91 Å². The van der Waals surface area contributed by atoms with Crippen molar-refractivity contribution < 1.29 is 28.9 Å². The highest BCUT2D eigenvalue weighted by atomic mass is 16.5. The van der Waals surface area contributed by atoms with Crippen molar-refractivity contribution in [3.63, 3.8) is 0 Å². The van der Waals surface area contributed by atoms with Crippen molar-refractivity contribution in [1.29, 1.82) is 0 Å². The van der Waals surface area contributed by atoms with E-state index in [1.54, 1.807) is 6.07 Å². The summed E-state index contributed by atoms with van der Waals surface area (Å²) in [5.41, 5.74) is -0.802. The predicted octanol–water partition coefficient (Wildman–Crippen LogP) is 1.38. The molecule has 1 heterocycles. The number of hydrogen-bond donors (Lipinski definition) is 2. The Hall–Kier alpha value is -2.28. The van der Waals surface area contributed by atoms with E-state index in [1.165, 1.54) is 14.0 Å². The molecule has 0 aliphatic carbocycles. The number of nitrogens with one attached hydrogen (secondary N) is 1. The molecular weight excluding hydrogens is 314 g/mol. The largest absolute Gasteiger partial charge is 0.483 e. The van der Waals surface area contributed by atoms with Gasteiger partial charge in [-0.25, -0.2) is 4.79 Å². The Kier molecular flexibility index (Phi) is 5.03. The molecule has 0 saturated heterocycles. The second-order valence-corrected chi connectivity index (χ2v) is 6.69. The number of carbonyl (C=O) groups is 2. The maximum atomic E-state index is 12.0. The molecule has 0 bridgehead atoms. The minimum Gasteiger partial charge on any atom is -0.483 e. The van der Waals surface area contributed by atoms with Crippen LogP contribution in [0.5, 0.6) is 11.5 Å². The molecule has 1 atom stereocenters. The van der Waals surface area contributed by atoms with Crippen LogP contribution in [-0.4, -0.2) is 48.4 Å². The van der Waals surface area contributed by atoms with E-state index in [1.807, 2.05) is 26.0 Å². The number of carboxylic acids is 1. The monoisotopic (exact) mass is 337 g/mol. The lowest BCUT2D eigenvalue weighted by molar-refractivity contribution is -0.149. The van der Waals surface area contributed by atoms with Crippen molar-refractivity contribution in [2.75, 3.05) is 20.3 Å². The van der Waals surface area contributed by atoms with Gasteiger partial charge < -0.3 is 24.6 Å². The molecule has 2 rings (SSSR count). The third-order valence-electron chi connectivity index (χ3n) is 3.73. The summed E-state index contributed by atoms with van der Waals surface area (Å²) in [6.45, 7) is 4.88. The summed E-state index contributed by atoms with van der Waals surface area (Å²) in [7, 11) is 1.37. The maximum absolute atomic E-state index is 12.0. The molecule has 1 aliphatic heterocycles. The second kappa shape index (κ2) is 6.68. The Morgan fingerprint density at radius 3 is 2.75 bits per heavy atom. The third kappa shape index (κ3) is 3.97. The zero-order valence-electron chi connectivity index (χ0n) is 14.3. The number of amides is 1. The van der Waals surface area contributed by atoms with E-state index in [2.05, 4.69) is 5.32 Å². The number of para-hydroxylation sites is 1. The van der Waals surface area contributed by atoms with Crippen LogP contribution in [0.2, 0.25) is 0 Å². The van der Waals surface area contributed by atoms with Gasteiger partial charge in [0.1, 0.15) is 5.60 Å². The molecule has 132 valence electrons. The molecule has 2 N–H and O–H groups in total. The van der Waals surface area contributed by atoms with Gasteiger partial charge in [-0.2, -0.15) is 0 Å². The minimum atomic E-state index is -1.51. The number of ether oxygens (including phenoxy) is 3. The summed E-state index contributed by atoms with van der Waals surface area (Å²) in [5.74, 6) is -0.625. The molecule has 24 heavy (non-hydrogen) atoms. The quantitative estimate of drug-likeness (QED) is 0.781. The lowest BCUT2D eigenvalue weighted by Crippen LogP contribution is -2.56. The van der Waals surface area contributed by atoms with E-state index in [4.69, 9.17) is 14.2 Å². The van der Waals surface area contributed by atoms with Crippen LogP contribution in [0.25, 0.3) is 0 Å². The van der Waals surface area contributed by atoms with Gasteiger partial charge in [-0.15, -0.1) is 0 Å². The summed E-state index contributed by atoms with van der Waals surface area (Å²) in [6, 6.07) is 5.51. The summed E-state index contributed by atoms with van der Waals surface area (Å²) in [5, 5.41) is 11.6. The molecule has 0 radical (unpaired) electrons. The summed E-state index contributed by atoms with van der Waals surface area (Å²) < 4.78 is 16.3. The predicted molar refractivity (Wildman–Crippen MR) is 86.4 cm³/mol. The van der Waals surface area contributed by atoms with Crippen LogP contribution in [-0.2, 0) is 20.7 Å². The molecule has 1 amide bonds. The van der Waals surface area contributed by atoms with Crippen molar-refractivity contribution in [2.45, 2.75) is 38.3 Å². The fourth-order valence-electron chi connectivity index (χ4n) is 2.63. The minimum absolute atomic E-state index is 0.147. The van der Waals surface area contributed by atoms with Gasteiger partial charge in [-0.1, -0.05) is 12.1 Å². The topological polar surface area (TPSA) is 94.1 Å². The van der Waals surface area contributed by atoms with Gasteiger partial charge >= 0.3 is 5.97 Å². The van der Waals surface area contributed by atoms with E-state index in [0.717, 1.165) is 12.0 Å². The van der Waals surface area contributed by atoms with Gasteiger partial charge in [-0.3, -0.25) is 4.79 Å². The number of rotatable bonds is 7. The van der Waals surface area contributed by atoms with Crippen molar-refractivity contribution in [1.82, 2.24) is 5.32 Å². The Bertz CT molecular complexity index is 642. The molecule has 1 aliphatic rings. The van der Waals surface area contributed by atoms with Gasteiger partial charge in [0.05, 0.1) is 6.61 Å². The molecule has 1 unspecified atom stereocenters. The Balaban J connectivity index is 2.01. The Morgan fingerprint density at radius 2 is 2.12 bits per heavy atom. The van der Waals surface area contributed by atoms with E-state index >= 15 is 0 Å². The van der Waals surface area contributed by atoms with Crippen LogP contribution < -0.4 is 14.8 Å². The highest BCUT2D eigenvalue weighted by molar-refractivity contribution is 5.87. The van der Waals surface area contributed by atoms with Crippen LogP contribution in [0.15, 0.2) is 18.2 Å². The van der Waals surface area contributed by atoms with Crippen LogP contribution in [0.1, 0.15) is 26.3 Å². The first-order valence-electron chi connectivity index (χ1n) is 7.64. The molecule has 0 fully saturated rings. The molecular formula is C17H23NO6. The fourth-order valence-corrected chi connectivity index (χ4v) is 2.63. The number of methoxy groups -OCH3 is 1. The van der Waals surface area contributed by atoms with Crippen LogP contribution >= 0.6 is 0 Å². The van der Waals surface area contributed by atoms with E-state index < -0.39 is 17.4 Å². The van der Waals surface area contributed by atoms with Crippen molar-refractivity contribution >= 4 is 11.9 Å². The van der Waals surface area contributed by atoms with E-state index in [-0.39, 0.29) is 18.8 Å². The number of hydrogen-bond acceptors (Lipinski definition) is 5. The van der Waals surface area contributed by atoms with Gasteiger partial charge in [0.15, 0.2) is 23.6 Å². The molecule has 0 aromatic heterocycles. The standard InChI is InChI=1S/C17H23NO6/c1-16(2)8-11-6-5-7-12(14(11)24-16)23-9-13(19)18-17(3,10-22-4)15(20)21/h5-7H,8-10H2,1-4H3,(H,18,19)(H,20,21). The zero-order chi connectivity index (χ0) is 18.0. The van der Waals surface area contributed by atoms with Crippen molar-refractivity contribution in [3.05, 3.63) is 23.8 Å².